The quantitative estimate of drug-likeness (QED) is 0.859. The highest BCUT2D eigenvalue weighted by Gasteiger charge is 2.33. The smallest absolute Gasteiger partial charge is 0.223 e. The average molecular weight is 326 g/mol. The first-order valence-electron chi connectivity index (χ1n) is 8.00. The van der Waals surface area contributed by atoms with Gasteiger partial charge >= 0.3 is 0 Å². The molecule has 0 aromatic heterocycles. The number of benzene rings is 2. The molecule has 2 atom stereocenters. The molecule has 0 radical (unpaired) electrons. The minimum absolute atomic E-state index is 0.0307. The van der Waals surface area contributed by atoms with E-state index >= 15 is 0 Å². The Labute approximate surface area is 141 Å². The van der Waals surface area contributed by atoms with Crippen LogP contribution < -0.4 is 5.73 Å². The molecule has 2 aromatic carbocycles. The molecular formula is C19H22N2OS. The summed E-state index contributed by atoms with van der Waals surface area (Å²) in [6.07, 6.45) is 0.563. The van der Waals surface area contributed by atoms with Crippen LogP contribution in [0, 0.1) is 0 Å². The number of nitrogens with two attached hydrogens (primary N) is 1. The molecule has 2 aromatic rings. The zero-order chi connectivity index (χ0) is 16.1. The lowest BCUT2D eigenvalue weighted by molar-refractivity contribution is -0.129. The Morgan fingerprint density at radius 3 is 2.39 bits per heavy atom. The summed E-state index contributed by atoms with van der Waals surface area (Å²) in [6.45, 7) is 1.40. The summed E-state index contributed by atoms with van der Waals surface area (Å²) in [5, 5.41) is 0. The lowest BCUT2D eigenvalue weighted by Crippen LogP contribution is -2.32. The van der Waals surface area contributed by atoms with E-state index < -0.39 is 0 Å². The molecule has 0 aliphatic carbocycles. The number of nitrogens with zero attached hydrogens (tertiary/aromatic N) is 1. The highest BCUT2D eigenvalue weighted by atomic mass is 32.2. The first-order chi connectivity index (χ1) is 11.2. The van der Waals surface area contributed by atoms with Crippen molar-refractivity contribution in [2.75, 3.05) is 18.8 Å². The van der Waals surface area contributed by atoms with Crippen LogP contribution in [0.3, 0.4) is 0 Å². The van der Waals surface area contributed by atoms with E-state index in [1.165, 1.54) is 10.5 Å². The maximum atomic E-state index is 12.4. The van der Waals surface area contributed by atoms with Crippen molar-refractivity contribution in [3.8, 4) is 0 Å². The van der Waals surface area contributed by atoms with Crippen LogP contribution in [0.25, 0.3) is 0 Å². The van der Waals surface area contributed by atoms with Gasteiger partial charge in [-0.15, -0.1) is 11.8 Å². The number of likely N-dealkylation sites (tertiary alicyclic amines) is 1. The van der Waals surface area contributed by atoms with E-state index in [-0.39, 0.29) is 17.9 Å². The van der Waals surface area contributed by atoms with Gasteiger partial charge in [-0.2, -0.15) is 0 Å². The summed E-state index contributed by atoms with van der Waals surface area (Å²) in [7, 11) is 0. The normalized spacial score (nSPS) is 20.7. The molecule has 1 aliphatic rings. The van der Waals surface area contributed by atoms with Gasteiger partial charge in [0, 0.05) is 42.1 Å². The standard InChI is InChI=1S/C19H22N2OS/c20-18-14-21(13-17(18)15-7-3-1-4-8-15)19(22)11-12-23-16-9-5-2-6-10-16/h1-10,17-18H,11-14,20H2/t17-,18+/m0/s1. The zero-order valence-electron chi connectivity index (χ0n) is 13.1. The molecule has 23 heavy (non-hydrogen) atoms. The van der Waals surface area contributed by atoms with Gasteiger partial charge in [0.1, 0.15) is 0 Å². The largest absolute Gasteiger partial charge is 0.340 e. The summed E-state index contributed by atoms with van der Waals surface area (Å²) < 4.78 is 0. The number of hydrogen-bond donors (Lipinski definition) is 1. The van der Waals surface area contributed by atoms with E-state index in [2.05, 4.69) is 24.3 Å². The molecule has 0 unspecified atom stereocenters. The van der Waals surface area contributed by atoms with Crippen LogP contribution in [0.15, 0.2) is 65.6 Å². The number of carbonyl (C=O) groups is 1. The van der Waals surface area contributed by atoms with Crippen LogP contribution >= 0.6 is 11.8 Å². The summed E-state index contributed by atoms with van der Waals surface area (Å²) in [5.74, 6) is 1.27. The lowest BCUT2D eigenvalue weighted by atomic mass is 9.95. The number of thioether (sulfide) groups is 1. The number of hydrogen-bond acceptors (Lipinski definition) is 3. The third kappa shape index (κ3) is 4.15. The SMILES string of the molecule is N[C@@H]1CN(C(=O)CCSc2ccccc2)C[C@H]1c1ccccc1. The number of carbonyl (C=O) groups excluding carboxylic acids is 1. The second kappa shape index (κ2) is 7.66. The van der Waals surface area contributed by atoms with Crippen molar-refractivity contribution in [2.24, 2.45) is 5.73 Å². The Kier molecular flexibility index (Phi) is 5.36. The van der Waals surface area contributed by atoms with Crippen molar-refractivity contribution in [2.45, 2.75) is 23.3 Å². The van der Waals surface area contributed by atoms with E-state index in [9.17, 15) is 4.79 Å². The molecule has 1 saturated heterocycles. The molecule has 1 heterocycles. The fourth-order valence-electron chi connectivity index (χ4n) is 3.02. The van der Waals surface area contributed by atoms with Gasteiger partial charge in [0.2, 0.25) is 5.91 Å². The van der Waals surface area contributed by atoms with Crippen LogP contribution in [0.4, 0.5) is 0 Å². The third-order valence-electron chi connectivity index (χ3n) is 4.27. The maximum Gasteiger partial charge on any atom is 0.223 e. The van der Waals surface area contributed by atoms with Gasteiger partial charge in [0.25, 0.3) is 0 Å². The van der Waals surface area contributed by atoms with Crippen molar-refractivity contribution >= 4 is 17.7 Å². The Morgan fingerprint density at radius 1 is 1.04 bits per heavy atom. The predicted molar refractivity (Wildman–Crippen MR) is 95.5 cm³/mol. The molecule has 3 nitrogen and oxygen atoms in total. The Balaban J connectivity index is 1.51. The second-order valence-electron chi connectivity index (χ2n) is 5.89. The van der Waals surface area contributed by atoms with E-state index in [0.29, 0.717) is 13.0 Å². The third-order valence-corrected chi connectivity index (χ3v) is 5.29. The molecule has 4 heteroatoms. The zero-order valence-corrected chi connectivity index (χ0v) is 13.9. The Bertz CT molecular complexity index is 632. The summed E-state index contributed by atoms with van der Waals surface area (Å²) in [5.41, 5.74) is 7.49. The molecule has 1 amide bonds. The van der Waals surface area contributed by atoms with Gasteiger partial charge in [0.15, 0.2) is 0 Å². The van der Waals surface area contributed by atoms with Crippen molar-refractivity contribution < 1.29 is 4.79 Å². The lowest BCUT2D eigenvalue weighted by Gasteiger charge is -2.16. The maximum absolute atomic E-state index is 12.4. The topological polar surface area (TPSA) is 46.3 Å². The first-order valence-corrected chi connectivity index (χ1v) is 8.99. The van der Waals surface area contributed by atoms with Crippen LogP contribution in [0.5, 0.6) is 0 Å². The van der Waals surface area contributed by atoms with Crippen molar-refractivity contribution in [3.63, 3.8) is 0 Å². The Hall–Kier alpha value is -1.78. The summed E-state index contributed by atoms with van der Waals surface area (Å²) >= 11 is 1.73. The van der Waals surface area contributed by atoms with Crippen LogP contribution in [-0.4, -0.2) is 35.7 Å². The fraction of sp³-hybridized carbons (Fsp3) is 0.316. The van der Waals surface area contributed by atoms with Crippen molar-refractivity contribution in [1.82, 2.24) is 4.90 Å². The van der Waals surface area contributed by atoms with Crippen LogP contribution in [0.2, 0.25) is 0 Å². The molecular weight excluding hydrogens is 304 g/mol. The Morgan fingerprint density at radius 2 is 1.70 bits per heavy atom. The van der Waals surface area contributed by atoms with E-state index in [4.69, 9.17) is 5.73 Å². The molecule has 1 aliphatic heterocycles. The summed E-state index contributed by atoms with van der Waals surface area (Å²) in [6, 6.07) is 20.5. The van der Waals surface area contributed by atoms with E-state index in [1.807, 2.05) is 41.3 Å². The van der Waals surface area contributed by atoms with Gasteiger partial charge in [-0.05, 0) is 17.7 Å². The van der Waals surface area contributed by atoms with Crippen LogP contribution in [-0.2, 0) is 4.79 Å². The van der Waals surface area contributed by atoms with Crippen molar-refractivity contribution in [1.29, 1.82) is 0 Å². The van der Waals surface area contributed by atoms with Gasteiger partial charge in [0.05, 0.1) is 0 Å². The van der Waals surface area contributed by atoms with Gasteiger partial charge in [-0.3, -0.25) is 4.79 Å². The highest BCUT2D eigenvalue weighted by molar-refractivity contribution is 7.99. The minimum Gasteiger partial charge on any atom is -0.340 e. The van der Waals surface area contributed by atoms with Gasteiger partial charge in [-0.25, -0.2) is 0 Å². The monoisotopic (exact) mass is 326 g/mol. The molecule has 0 bridgehead atoms. The summed E-state index contributed by atoms with van der Waals surface area (Å²) in [4.78, 5) is 15.5. The molecule has 0 spiro atoms. The average Bonchev–Trinajstić information content (AvgIpc) is 2.98. The van der Waals surface area contributed by atoms with Crippen molar-refractivity contribution in [3.05, 3.63) is 66.2 Å². The number of rotatable bonds is 5. The second-order valence-corrected chi connectivity index (χ2v) is 7.06. The van der Waals surface area contributed by atoms with Gasteiger partial charge < -0.3 is 10.6 Å². The molecule has 2 N–H and O–H groups in total. The molecule has 3 rings (SSSR count). The number of amides is 1. The molecule has 120 valence electrons. The highest BCUT2D eigenvalue weighted by Crippen LogP contribution is 2.27. The fourth-order valence-corrected chi connectivity index (χ4v) is 3.88. The first kappa shape index (κ1) is 16.1. The predicted octanol–water partition coefficient (Wildman–Crippen LogP) is 3.12. The van der Waals surface area contributed by atoms with Crippen LogP contribution in [0.1, 0.15) is 17.9 Å². The van der Waals surface area contributed by atoms with E-state index in [0.717, 1.165) is 12.3 Å². The van der Waals surface area contributed by atoms with Gasteiger partial charge in [-0.1, -0.05) is 48.5 Å². The molecule has 1 fully saturated rings. The minimum atomic E-state index is 0.0307. The molecule has 0 saturated carbocycles. The van der Waals surface area contributed by atoms with E-state index in [1.54, 1.807) is 11.8 Å².